The highest BCUT2D eigenvalue weighted by Crippen LogP contribution is 2.27. The van der Waals surface area contributed by atoms with Gasteiger partial charge in [-0.1, -0.05) is 42.5 Å². The van der Waals surface area contributed by atoms with Crippen LogP contribution in [0.15, 0.2) is 67.1 Å². The number of H-pyrrole nitrogens is 1. The molecule has 0 spiro atoms. The predicted octanol–water partition coefficient (Wildman–Crippen LogP) is 3.68. The molecule has 2 fully saturated rings. The van der Waals surface area contributed by atoms with Gasteiger partial charge in [0.05, 0.1) is 19.5 Å². The van der Waals surface area contributed by atoms with Crippen molar-refractivity contribution in [3.05, 3.63) is 83.9 Å². The molecular formula is C29H37N7O2. The van der Waals surface area contributed by atoms with Crippen LogP contribution in [0.25, 0.3) is 0 Å². The number of rotatable bonds is 10. The van der Waals surface area contributed by atoms with Gasteiger partial charge in [-0.25, -0.2) is 9.78 Å². The molecule has 0 aliphatic carbocycles. The van der Waals surface area contributed by atoms with Gasteiger partial charge in [0.2, 0.25) is 0 Å². The van der Waals surface area contributed by atoms with Gasteiger partial charge in [-0.3, -0.25) is 15.2 Å². The van der Waals surface area contributed by atoms with Gasteiger partial charge in [0.15, 0.2) is 0 Å². The highest BCUT2D eigenvalue weighted by Gasteiger charge is 2.35. The number of urea groups is 1. The van der Waals surface area contributed by atoms with Crippen molar-refractivity contribution in [3.63, 3.8) is 0 Å². The Morgan fingerprint density at radius 1 is 1.08 bits per heavy atom. The number of aromatic nitrogens is 2. The van der Waals surface area contributed by atoms with Crippen LogP contribution in [0.5, 0.6) is 0 Å². The van der Waals surface area contributed by atoms with Crippen LogP contribution in [0.3, 0.4) is 0 Å². The number of hydrogen-bond acceptors (Lipinski definition) is 5. The van der Waals surface area contributed by atoms with E-state index >= 15 is 0 Å². The number of likely N-dealkylation sites (tertiary alicyclic amines) is 1. The number of amidine groups is 1. The van der Waals surface area contributed by atoms with Crippen molar-refractivity contribution in [2.75, 3.05) is 44.2 Å². The van der Waals surface area contributed by atoms with E-state index in [9.17, 15) is 4.79 Å². The van der Waals surface area contributed by atoms with Crippen LogP contribution in [0.2, 0.25) is 0 Å². The molecule has 5 rings (SSSR count). The summed E-state index contributed by atoms with van der Waals surface area (Å²) in [6.45, 7) is 6.05. The zero-order valence-corrected chi connectivity index (χ0v) is 21.8. The van der Waals surface area contributed by atoms with E-state index in [2.05, 4.69) is 27.0 Å². The number of nitrogen functional groups attached to an aromatic ring is 1. The average molecular weight is 516 g/mol. The number of ether oxygens (including phenoxy) is 1. The summed E-state index contributed by atoms with van der Waals surface area (Å²) < 4.78 is 6.11. The van der Waals surface area contributed by atoms with E-state index < -0.39 is 0 Å². The van der Waals surface area contributed by atoms with Crippen LogP contribution in [-0.2, 0) is 17.9 Å². The molecule has 1 atom stereocenters. The monoisotopic (exact) mass is 515 g/mol. The third kappa shape index (κ3) is 6.59. The van der Waals surface area contributed by atoms with Gasteiger partial charge in [0.25, 0.3) is 0 Å². The molecule has 0 saturated carbocycles. The number of amides is 2. The number of piperidine rings is 1. The molecule has 2 aromatic carbocycles. The van der Waals surface area contributed by atoms with Crippen molar-refractivity contribution < 1.29 is 9.53 Å². The lowest BCUT2D eigenvalue weighted by atomic mass is 9.95. The van der Waals surface area contributed by atoms with Crippen molar-refractivity contribution in [3.8, 4) is 0 Å². The summed E-state index contributed by atoms with van der Waals surface area (Å²) in [5.41, 5.74) is 9.41. The summed E-state index contributed by atoms with van der Waals surface area (Å²) in [4.78, 5) is 27.3. The standard InChI is InChI=1S/C29H37N7O2/c30-28(31)25-7-4-8-27(13-25)36-17-24(20-38-19-23-5-2-1-3-6-23)16-35(29(36)37)15-22-9-11-34(12-10-22)18-26-14-32-21-33-26/h1-8,13-14,21-22,24H,9-12,15-20H2,(H3,30,31)(H,32,33). The molecule has 1 aromatic heterocycles. The number of nitrogens with zero attached hydrogens (tertiary/aromatic N) is 4. The Bertz CT molecular complexity index is 1190. The topological polar surface area (TPSA) is 115 Å². The maximum Gasteiger partial charge on any atom is 0.324 e. The van der Waals surface area contributed by atoms with Crippen molar-refractivity contribution >= 4 is 17.6 Å². The van der Waals surface area contributed by atoms with Gasteiger partial charge in [-0.15, -0.1) is 0 Å². The number of carbonyl (C=O) groups excluding carboxylic acids is 1. The first-order valence-corrected chi connectivity index (χ1v) is 13.4. The lowest BCUT2D eigenvalue weighted by molar-refractivity contribution is 0.0643. The van der Waals surface area contributed by atoms with E-state index in [1.165, 1.54) is 0 Å². The zero-order chi connectivity index (χ0) is 26.3. The van der Waals surface area contributed by atoms with E-state index in [-0.39, 0.29) is 17.8 Å². The molecule has 2 aliphatic rings. The molecule has 200 valence electrons. The molecule has 3 aromatic rings. The van der Waals surface area contributed by atoms with Crippen LogP contribution in [0.4, 0.5) is 10.5 Å². The van der Waals surface area contributed by atoms with Gasteiger partial charge in [0.1, 0.15) is 5.84 Å². The summed E-state index contributed by atoms with van der Waals surface area (Å²) in [6.07, 6.45) is 5.73. The molecule has 9 nitrogen and oxygen atoms in total. The molecule has 2 amide bonds. The molecule has 2 saturated heterocycles. The second kappa shape index (κ2) is 12.2. The number of nitrogens with one attached hydrogen (secondary N) is 2. The van der Waals surface area contributed by atoms with E-state index in [0.717, 1.165) is 56.0 Å². The van der Waals surface area contributed by atoms with Crippen LogP contribution >= 0.6 is 0 Å². The van der Waals surface area contributed by atoms with Gasteiger partial charge >= 0.3 is 6.03 Å². The number of aromatic amines is 1. The van der Waals surface area contributed by atoms with Crippen LogP contribution in [0, 0.1) is 17.2 Å². The van der Waals surface area contributed by atoms with E-state index in [1.807, 2.05) is 52.4 Å². The Morgan fingerprint density at radius 2 is 1.89 bits per heavy atom. The first-order chi connectivity index (χ1) is 18.5. The maximum atomic E-state index is 13.7. The Hall–Kier alpha value is -3.69. The van der Waals surface area contributed by atoms with Crippen LogP contribution in [-0.4, -0.2) is 71.0 Å². The van der Waals surface area contributed by atoms with Gasteiger partial charge in [0, 0.05) is 55.2 Å². The minimum Gasteiger partial charge on any atom is -0.384 e. The Kier molecular flexibility index (Phi) is 8.35. The van der Waals surface area contributed by atoms with Gasteiger partial charge in [-0.2, -0.15) is 0 Å². The lowest BCUT2D eigenvalue weighted by Crippen LogP contribution is -2.56. The summed E-state index contributed by atoms with van der Waals surface area (Å²) in [5, 5.41) is 7.83. The molecule has 0 radical (unpaired) electrons. The average Bonchev–Trinajstić information content (AvgIpc) is 3.45. The Labute approximate surface area is 224 Å². The van der Waals surface area contributed by atoms with Crippen LogP contribution in [0.1, 0.15) is 29.7 Å². The van der Waals surface area contributed by atoms with E-state index in [0.29, 0.717) is 37.8 Å². The van der Waals surface area contributed by atoms with Crippen molar-refractivity contribution in [1.82, 2.24) is 19.8 Å². The summed E-state index contributed by atoms with van der Waals surface area (Å²) in [7, 11) is 0. The number of benzene rings is 2. The molecule has 38 heavy (non-hydrogen) atoms. The summed E-state index contributed by atoms with van der Waals surface area (Å²) >= 11 is 0. The zero-order valence-electron chi connectivity index (χ0n) is 21.8. The van der Waals surface area contributed by atoms with Gasteiger partial charge in [-0.05, 0) is 49.5 Å². The Morgan fingerprint density at radius 3 is 2.63 bits per heavy atom. The molecule has 0 bridgehead atoms. The fourth-order valence-electron chi connectivity index (χ4n) is 5.44. The smallest absolute Gasteiger partial charge is 0.324 e. The second-order valence-corrected chi connectivity index (χ2v) is 10.4. The van der Waals surface area contributed by atoms with E-state index in [4.69, 9.17) is 15.9 Å². The number of anilines is 1. The second-order valence-electron chi connectivity index (χ2n) is 10.4. The van der Waals surface area contributed by atoms with Gasteiger partial charge < -0.3 is 20.4 Å². The minimum absolute atomic E-state index is 0.00204. The third-order valence-electron chi connectivity index (χ3n) is 7.49. The first-order valence-electron chi connectivity index (χ1n) is 13.4. The quantitative estimate of drug-likeness (QED) is 0.282. The van der Waals surface area contributed by atoms with E-state index in [1.54, 1.807) is 12.4 Å². The number of imidazole rings is 1. The van der Waals surface area contributed by atoms with Crippen molar-refractivity contribution in [1.29, 1.82) is 5.41 Å². The molecule has 9 heteroatoms. The summed E-state index contributed by atoms with van der Waals surface area (Å²) in [5.74, 6) is 0.641. The number of nitrogens with two attached hydrogens (primary N) is 1. The lowest BCUT2D eigenvalue weighted by Gasteiger charge is -2.42. The molecule has 4 N–H and O–H groups in total. The molecule has 1 unspecified atom stereocenters. The number of hydrogen-bond donors (Lipinski definition) is 3. The summed E-state index contributed by atoms with van der Waals surface area (Å²) in [6, 6.07) is 17.6. The first kappa shape index (κ1) is 25.9. The molecule has 3 heterocycles. The third-order valence-corrected chi connectivity index (χ3v) is 7.49. The normalized spacial score (nSPS) is 19.2. The van der Waals surface area contributed by atoms with Crippen molar-refractivity contribution in [2.45, 2.75) is 26.0 Å². The molecular weight excluding hydrogens is 478 g/mol. The number of carbonyl (C=O) groups is 1. The fraction of sp³-hybridized carbons (Fsp3) is 0.414. The van der Waals surface area contributed by atoms with Crippen LogP contribution < -0.4 is 10.6 Å². The molecule has 2 aliphatic heterocycles. The largest absolute Gasteiger partial charge is 0.384 e. The SMILES string of the molecule is N=C(N)c1cccc(N2CC(COCc3ccccc3)CN(CC3CCN(Cc4cnc[nH]4)CC3)C2=O)c1. The highest BCUT2D eigenvalue weighted by atomic mass is 16.5. The maximum absolute atomic E-state index is 13.7. The minimum atomic E-state index is -0.00204. The van der Waals surface area contributed by atoms with Crippen molar-refractivity contribution in [2.24, 2.45) is 17.6 Å². The predicted molar refractivity (Wildman–Crippen MR) is 148 cm³/mol. The Balaban J connectivity index is 1.24. The highest BCUT2D eigenvalue weighted by molar-refractivity contribution is 5.98. The fourth-order valence-corrected chi connectivity index (χ4v) is 5.44.